The number of carbonyl (C=O) groups is 1. The topological polar surface area (TPSA) is 89.5 Å². The van der Waals surface area contributed by atoms with Crippen LogP contribution in [0.2, 0.25) is 0 Å². The molecule has 2 aliphatic heterocycles. The van der Waals surface area contributed by atoms with E-state index < -0.39 is 5.41 Å². The summed E-state index contributed by atoms with van der Waals surface area (Å²) in [5, 5.41) is 12.2. The minimum absolute atomic E-state index is 0.0365. The molecule has 0 radical (unpaired) electrons. The van der Waals surface area contributed by atoms with Crippen LogP contribution in [0.4, 0.5) is 4.39 Å². The molecule has 5 rings (SSSR count). The molecule has 1 amide bonds. The van der Waals surface area contributed by atoms with Gasteiger partial charge in [-0.2, -0.15) is 0 Å². The Morgan fingerprint density at radius 2 is 2.14 bits per heavy atom. The number of hydrazine groups is 2. The second-order valence-electron chi connectivity index (χ2n) is 10.7. The smallest absolute Gasteiger partial charge is 0.237 e. The number of fused-ring (bicyclic) bond motifs is 1. The summed E-state index contributed by atoms with van der Waals surface area (Å²) in [5.74, 6) is 0.0938. The Bertz CT molecular complexity index is 1050. The molecule has 1 aromatic carbocycles. The van der Waals surface area contributed by atoms with Crippen LogP contribution in [0, 0.1) is 30.0 Å². The van der Waals surface area contributed by atoms with E-state index in [1.807, 2.05) is 24.2 Å². The van der Waals surface area contributed by atoms with E-state index in [0.717, 1.165) is 44.3 Å². The van der Waals surface area contributed by atoms with Gasteiger partial charge in [-0.25, -0.2) is 14.8 Å². The number of nitrogens with zero attached hydrogens (tertiary/aromatic N) is 2. The number of nitrogens with one attached hydrogen (secondary N) is 3. The number of aryl methyl sites for hydroxylation is 1. The van der Waals surface area contributed by atoms with E-state index in [1.54, 1.807) is 12.1 Å². The number of amides is 1. The van der Waals surface area contributed by atoms with Crippen LogP contribution in [0.5, 0.6) is 0 Å². The molecule has 2 saturated heterocycles. The van der Waals surface area contributed by atoms with Gasteiger partial charge in [0.05, 0.1) is 12.6 Å². The van der Waals surface area contributed by atoms with Gasteiger partial charge >= 0.3 is 0 Å². The molecule has 0 spiro atoms. The molecule has 188 valence electrons. The Labute approximate surface area is 206 Å². The molecule has 5 atom stereocenters. The van der Waals surface area contributed by atoms with Gasteiger partial charge in [0.1, 0.15) is 5.82 Å². The lowest BCUT2D eigenvalue weighted by molar-refractivity contribution is -0.134. The number of rotatable bonds is 6. The number of aromatic nitrogens is 1. The lowest BCUT2D eigenvalue weighted by Gasteiger charge is -2.42. The van der Waals surface area contributed by atoms with Crippen molar-refractivity contribution >= 4 is 5.91 Å². The van der Waals surface area contributed by atoms with Gasteiger partial charge in [-0.3, -0.25) is 20.6 Å². The molecule has 3 fully saturated rings. The maximum Gasteiger partial charge on any atom is 0.237 e. The molecule has 0 bridgehead atoms. The second-order valence-corrected chi connectivity index (χ2v) is 10.7. The zero-order chi connectivity index (χ0) is 24.4. The summed E-state index contributed by atoms with van der Waals surface area (Å²) in [7, 11) is 0. The van der Waals surface area contributed by atoms with Crippen molar-refractivity contribution in [1.82, 2.24) is 26.3 Å². The van der Waals surface area contributed by atoms with Crippen LogP contribution in [0.15, 0.2) is 42.6 Å². The largest absolute Gasteiger partial charge is 0.396 e. The van der Waals surface area contributed by atoms with Crippen molar-refractivity contribution in [2.75, 3.05) is 19.7 Å². The van der Waals surface area contributed by atoms with Gasteiger partial charge in [-0.05, 0) is 80.7 Å². The molecule has 35 heavy (non-hydrogen) atoms. The van der Waals surface area contributed by atoms with Gasteiger partial charge in [0, 0.05) is 42.4 Å². The Balaban J connectivity index is 1.22. The summed E-state index contributed by atoms with van der Waals surface area (Å²) < 4.78 is 14.3. The summed E-state index contributed by atoms with van der Waals surface area (Å²) in [6.45, 7) is 3.22. The number of aliphatic hydroxyl groups excluding tert-OH is 1. The van der Waals surface area contributed by atoms with Crippen molar-refractivity contribution in [1.29, 1.82) is 0 Å². The maximum atomic E-state index is 14.3. The first-order valence-electron chi connectivity index (χ1n) is 12.8. The third-order valence-corrected chi connectivity index (χ3v) is 8.19. The van der Waals surface area contributed by atoms with Crippen LogP contribution >= 0.6 is 0 Å². The zero-order valence-corrected chi connectivity index (χ0v) is 20.3. The van der Waals surface area contributed by atoms with E-state index in [0.29, 0.717) is 30.5 Å². The Morgan fingerprint density at radius 1 is 1.29 bits per heavy atom. The van der Waals surface area contributed by atoms with Crippen molar-refractivity contribution in [2.45, 2.75) is 57.5 Å². The number of aliphatic hydroxyl groups is 1. The van der Waals surface area contributed by atoms with Crippen LogP contribution in [0.3, 0.4) is 0 Å². The van der Waals surface area contributed by atoms with E-state index in [9.17, 15) is 14.3 Å². The Morgan fingerprint density at radius 3 is 2.94 bits per heavy atom. The summed E-state index contributed by atoms with van der Waals surface area (Å²) in [6, 6.07) is 11.4. The van der Waals surface area contributed by atoms with E-state index in [1.165, 1.54) is 11.6 Å². The average Bonchev–Trinajstić information content (AvgIpc) is 3.29. The third kappa shape index (κ3) is 5.26. The molecule has 1 saturated carbocycles. The maximum absolute atomic E-state index is 14.3. The van der Waals surface area contributed by atoms with Crippen LogP contribution in [-0.2, 0) is 11.2 Å². The lowest BCUT2D eigenvalue weighted by Crippen LogP contribution is -2.55. The van der Waals surface area contributed by atoms with Gasteiger partial charge in [0.25, 0.3) is 0 Å². The number of hydrogen-bond donors (Lipinski definition) is 4. The fourth-order valence-corrected chi connectivity index (χ4v) is 6.31. The zero-order valence-electron chi connectivity index (χ0n) is 20.3. The SMILES string of the molecule is Cc1cc(C2NNC3CCC(C(=O)NN4CCCC(CO)(Cc5ccccc5F)C4)CC32)ccn1. The summed E-state index contributed by atoms with van der Waals surface area (Å²) in [5.41, 5.74) is 12.4. The highest BCUT2D eigenvalue weighted by Crippen LogP contribution is 2.41. The first-order chi connectivity index (χ1) is 17.0. The van der Waals surface area contributed by atoms with Gasteiger partial charge in [0.15, 0.2) is 0 Å². The predicted octanol–water partition coefficient (Wildman–Crippen LogP) is 2.81. The van der Waals surface area contributed by atoms with Crippen molar-refractivity contribution < 1.29 is 14.3 Å². The minimum Gasteiger partial charge on any atom is -0.396 e. The van der Waals surface area contributed by atoms with Crippen LogP contribution in [0.1, 0.15) is 55.0 Å². The normalized spacial score (nSPS) is 31.2. The minimum atomic E-state index is -0.463. The lowest BCUT2D eigenvalue weighted by atomic mass is 9.74. The summed E-state index contributed by atoms with van der Waals surface area (Å²) >= 11 is 0. The second kappa shape index (κ2) is 10.3. The molecule has 3 aliphatic rings. The quantitative estimate of drug-likeness (QED) is 0.508. The van der Waals surface area contributed by atoms with Crippen molar-refractivity contribution in [3.63, 3.8) is 0 Å². The number of piperidine rings is 1. The fourth-order valence-electron chi connectivity index (χ4n) is 6.31. The molecule has 1 aromatic heterocycles. The van der Waals surface area contributed by atoms with Gasteiger partial charge in [-0.15, -0.1) is 0 Å². The van der Waals surface area contributed by atoms with E-state index in [4.69, 9.17) is 0 Å². The molecule has 4 N–H and O–H groups in total. The molecular formula is C27H36FN5O2. The first-order valence-corrected chi connectivity index (χ1v) is 12.8. The monoisotopic (exact) mass is 481 g/mol. The van der Waals surface area contributed by atoms with Gasteiger partial charge in [0.2, 0.25) is 5.91 Å². The highest BCUT2D eigenvalue weighted by molar-refractivity contribution is 5.78. The van der Waals surface area contributed by atoms with E-state index in [-0.39, 0.29) is 30.3 Å². The summed E-state index contributed by atoms with van der Waals surface area (Å²) in [4.78, 5) is 17.7. The highest BCUT2D eigenvalue weighted by atomic mass is 19.1. The number of pyridine rings is 1. The molecule has 8 heteroatoms. The average molecular weight is 482 g/mol. The van der Waals surface area contributed by atoms with Crippen LogP contribution < -0.4 is 16.3 Å². The van der Waals surface area contributed by atoms with Crippen molar-refractivity contribution in [3.8, 4) is 0 Å². The number of hydrogen-bond acceptors (Lipinski definition) is 6. The third-order valence-electron chi connectivity index (χ3n) is 8.19. The Hall–Kier alpha value is -2.39. The molecule has 2 aromatic rings. The van der Waals surface area contributed by atoms with E-state index in [2.05, 4.69) is 33.4 Å². The molecule has 3 heterocycles. The van der Waals surface area contributed by atoms with Crippen molar-refractivity contribution in [2.24, 2.45) is 17.3 Å². The molecular weight excluding hydrogens is 445 g/mol. The molecule has 7 nitrogen and oxygen atoms in total. The number of benzene rings is 1. The molecule has 1 aliphatic carbocycles. The first kappa shape index (κ1) is 24.3. The van der Waals surface area contributed by atoms with E-state index >= 15 is 0 Å². The highest BCUT2D eigenvalue weighted by Gasteiger charge is 2.43. The number of halogens is 1. The predicted molar refractivity (Wildman–Crippen MR) is 131 cm³/mol. The van der Waals surface area contributed by atoms with Gasteiger partial charge < -0.3 is 5.11 Å². The molecule has 5 unspecified atom stereocenters. The standard InChI is InChI=1S/C27H36FN5O2/c1-18-13-19(9-11-29-18)25-22-14-20(7-8-24(22)30-31-25)26(35)32-33-12-4-10-27(16-33,17-34)15-21-5-2-3-6-23(21)28/h2-3,5-6,9,11,13,20,22,24-25,30-31,34H,4,7-8,10,12,14-17H2,1H3,(H,32,35). The van der Waals surface area contributed by atoms with Crippen LogP contribution in [0.25, 0.3) is 0 Å². The van der Waals surface area contributed by atoms with Crippen LogP contribution in [-0.4, -0.2) is 46.7 Å². The van der Waals surface area contributed by atoms with Crippen molar-refractivity contribution in [3.05, 3.63) is 65.2 Å². The Kier molecular flexibility index (Phi) is 7.16. The van der Waals surface area contributed by atoms with Gasteiger partial charge in [-0.1, -0.05) is 18.2 Å². The number of carbonyl (C=O) groups excluding carboxylic acids is 1. The fraction of sp³-hybridized carbons (Fsp3) is 0.556. The summed E-state index contributed by atoms with van der Waals surface area (Å²) in [6.07, 6.45) is 6.57.